The lowest BCUT2D eigenvalue weighted by Gasteiger charge is -2.07. The summed E-state index contributed by atoms with van der Waals surface area (Å²) in [4.78, 5) is 8.79. The van der Waals surface area contributed by atoms with Crippen LogP contribution in [0.1, 0.15) is 23.8 Å². The fraction of sp³-hybridized carbons (Fsp3) is 0.667. The van der Waals surface area contributed by atoms with Crippen LogP contribution < -0.4 is 5.32 Å². The molecule has 1 saturated heterocycles. The molecule has 1 aromatic heterocycles. The molecule has 100 valence electrons. The number of amidine groups is 1. The minimum Gasteiger partial charge on any atom is -0.444 e. The van der Waals surface area contributed by atoms with Gasteiger partial charge in [-0.05, 0) is 20.3 Å². The van der Waals surface area contributed by atoms with Crippen LogP contribution in [0.4, 0.5) is 0 Å². The maximum Gasteiger partial charge on any atom is 0.216 e. The van der Waals surface area contributed by atoms with Gasteiger partial charge in [0.05, 0.1) is 5.69 Å². The van der Waals surface area contributed by atoms with Crippen molar-refractivity contribution >= 4 is 16.9 Å². The van der Waals surface area contributed by atoms with E-state index in [-0.39, 0.29) is 0 Å². The van der Waals surface area contributed by atoms with Gasteiger partial charge in [-0.25, -0.2) is 4.98 Å². The van der Waals surface area contributed by atoms with E-state index in [1.165, 1.54) is 0 Å². The molecule has 6 heteroatoms. The monoisotopic (exact) mass is 269 g/mol. The summed E-state index contributed by atoms with van der Waals surface area (Å²) in [7, 11) is 1.73. The molecule has 1 aromatic rings. The summed E-state index contributed by atoms with van der Waals surface area (Å²) in [6, 6.07) is 0.460. The number of methoxy groups -OCH3 is 1. The normalized spacial score (nSPS) is 21.5. The molecule has 0 spiro atoms. The molecule has 0 saturated carbocycles. The molecule has 1 atom stereocenters. The lowest BCUT2D eigenvalue weighted by Crippen LogP contribution is -2.28. The second kappa shape index (κ2) is 6.24. The average Bonchev–Trinajstić information content (AvgIpc) is 2.92. The van der Waals surface area contributed by atoms with E-state index < -0.39 is 0 Å². The van der Waals surface area contributed by atoms with Crippen molar-refractivity contribution in [2.75, 3.05) is 19.5 Å². The van der Waals surface area contributed by atoms with Crippen LogP contribution in [0.15, 0.2) is 9.41 Å². The summed E-state index contributed by atoms with van der Waals surface area (Å²) in [5.41, 5.74) is 0.940. The molecule has 0 amide bonds. The molecule has 0 aromatic carbocycles. The molecule has 1 unspecified atom stereocenters. The van der Waals surface area contributed by atoms with Gasteiger partial charge in [-0.3, -0.25) is 4.99 Å². The van der Waals surface area contributed by atoms with Gasteiger partial charge < -0.3 is 14.5 Å². The van der Waals surface area contributed by atoms with Crippen LogP contribution in [0.5, 0.6) is 0 Å². The Balaban J connectivity index is 1.84. The number of oxazole rings is 1. The molecule has 18 heavy (non-hydrogen) atoms. The van der Waals surface area contributed by atoms with Gasteiger partial charge in [0.15, 0.2) is 5.17 Å². The molecule has 2 heterocycles. The molecule has 0 radical (unpaired) electrons. The third-order valence-corrected chi connectivity index (χ3v) is 3.94. The standard InChI is InChI=1S/C12H19N3O2S/c1-8-9(2)17-11(14-8)6-13-12-15-10(7-18-12)4-5-16-3/h10H,4-7H2,1-3H3,(H,13,15). The predicted octanol–water partition coefficient (Wildman–Crippen LogP) is 1.89. The highest BCUT2D eigenvalue weighted by Crippen LogP contribution is 2.17. The van der Waals surface area contributed by atoms with Crippen molar-refractivity contribution in [3.8, 4) is 0 Å². The molecule has 5 nitrogen and oxygen atoms in total. The van der Waals surface area contributed by atoms with Crippen LogP contribution in [-0.4, -0.2) is 35.7 Å². The topological polar surface area (TPSA) is 59.7 Å². The summed E-state index contributed by atoms with van der Waals surface area (Å²) >= 11 is 1.75. The largest absolute Gasteiger partial charge is 0.444 e. The fourth-order valence-electron chi connectivity index (χ4n) is 1.69. The van der Waals surface area contributed by atoms with E-state index in [1.807, 2.05) is 13.8 Å². The van der Waals surface area contributed by atoms with Crippen molar-refractivity contribution in [2.24, 2.45) is 4.99 Å². The summed E-state index contributed by atoms with van der Waals surface area (Å²) in [6.07, 6.45) is 1.01. The molecule has 1 aliphatic heterocycles. The molecule has 0 bridgehead atoms. The quantitative estimate of drug-likeness (QED) is 0.884. The Morgan fingerprint density at radius 2 is 2.39 bits per heavy atom. The van der Waals surface area contributed by atoms with E-state index in [0.29, 0.717) is 18.5 Å². The third kappa shape index (κ3) is 3.49. The van der Waals surface area contributed by atoms with Gasteiger partial charge in [0.1, 0.15) is 12.3 Å². The number of hydrogen-bond donors (Lipinski definition) is 1. The van der Waals surface area contributed by atoms with Crippen LogP contribution in [-0.2, 0) is 11.3 Å². The first kappa shape index (κ1) is 13.4. The van der Waals surface area contributed by atoms with Crippen LogP contribution in [0.2, 0.25) is 0 Å². The number of aliphatic imine (C=N–C) groups is 1. The number of hydrogen-bond acceptors (Lipinski definition) is 5. The van der Waals surface area contributed by atoms with Crippen LogP contribution >= 0.6 is 11.8 Å². The highest BCUT2D eigenvalue weighted by atomic mass is 32.2. The maximum atomic E-state index is 5.49. The van der Waals surface area contributed by atoms with E-state index in [0.717, 1.165) is 35.4 Å². The minimum atomic E-state index is 0.460. The molecule has 2 rings (SSSR count). The smallest absolute Gasteiger partial charge is 0.216 e. The first-order chi connectivity index (χ1) is 8.69. The van der Waals surface area contributed by atoms with Crippen LogP contribution in [0.25, 0.3) is 0 Å². The first-order valence-corrected chi connectivity index (χ1v) is 7.03. The number of rotatable bonds is 5. The van der Waals surface area contributed by atoms with Gasteiger partial charge in [0, 0.05) is 25.5 Å². The van der Waals surface area contributed by atoms with Gasteiger partial charge in [0.2, 0.25) is 5.89 Å². The summed E-state index contributed by atoms with van der Waals surface area (Å²) in [6.45, 7) is 5.14. The summed E-state index contributed by atoms with van der Waals surface area (Å²) < 4.78 is 10.6. The second-order valence-corrected chi connectivity index (χ2v) is 5.31. The van der Waals surface area contributed by atoms with E-state index >= 15 is 0 Å². The maximum absolute atomic E-state index is 5.49. The van der Waals surface area contributed by atoms with Crippen LogP contribution in [0.3, 0.4) is 0 Å². The number of aryl methyl sites for hydroxylation is 2. The van der Waals surface area contributed by atoms with E-state index in [2.05, 4.69) is 15.3 Å². The minimum absolute atomic E-state index is 0.460. The third-order valence-electron chi connectivity index (χ3n) is 2.85. The Morgan fingerprint density at radius 3 is 3.06 bits per heavy atom. The number of ether oxygens (including phenoxy) is 1. The Hall–Kier alpha value is -1.01. The average molecular weight is 269 g/mol. The Kier molecular flexibility index (Phi) is 4.66. The Morgan fingerprint density at radius 1 is 1.56 bits per heavy atom. The molecule has 1 aliphatic rings. The molecule has 1 N–H and O–H groups in total. The fourth-order valence-corrected chi connectivity index (χ4v) is 2.71. The number of aromatic nitrogens is 1. The van der Waals surface area contributed by atoms with Gasteiger partial charge >= 0.3 is 0 Å². The Bertz CT molecular complexity index is 411. The SMILES string of the molecule is COCCC1CSC(=NCc2nc(C)c(C)o2)N1. The highest BCUT2D eigenvalue weighted by Gasteiger charge is 2.19. The van der Waals surface area contributed by atoms with Crippen LogP contribution in [0, 0.1) is 13.8 Å². The molecular weight excluding hydrogens is 250 g/mol. The first-order valence-electron chi connectivity index (χ1n) is 6.04. The van der Waals surface area contributed by atoms with Crippen molar-refractivity contribution in [3.63, 3.8) is 0 Å². The van der Waals surface area contributed by atoms with Crippen molar-refractivity contribution in [1.29, 1.82) is 0 Å². The lowest BCUT2D eigenvalue weighted by molar-refractivity contribution is 0.188. The van der Waals surface area contributed by atoms with Crippen molar-refractivity contribution in [1.82, 2.24) is 10.3 Å². The van der Waals surface area contributed by atoms with Crippen molar-refractivity contribution in [3.05, 3.63) is 17.3 Å². The zero-order chi connectivity index (χ0) is 13.0. The molecule has 1 fully saturated rings. The zero-order valence-corrected chi connectivity index (χ0v) is 11.8. The zero-order valence-electron chi connectivity index (χ0n) is 11.0. The number of thioether (sulfide) groups is 1. The van der Waals surface area contributed by atoms with Gasteiger partial charge in [-0.1, -0.05) is 11.8 Å². The summed E-state index contributed by atoms with van der Waals surface area (Å²) in [5.74, 6) is 2.60. The number of nitrogens with one attached hydrogen (secondary N) is 1. The highest BCUT2D eigenvalue weighted by molar-refractivity contribution is 8.14. The number of nitrogens with zero attached hydrogens (tertiary/aromatic N) is 2. The van der Waals surface area contributed by atoms with Crippen molar-refractivity contribution < 1.29 is 9.15 Å². The van der Waals surface area contributed by atoms with Crippen molar-refractivity contribution in [2.45, 2.75) is 32.9 Å². The van der Waals surface area contributed by atoms with Gasteiger partial charge in [-0.2, -0.15) is 0 Å². The predicted molar refractivity (Wildman–Crippen MR) is 73.0 cm³/mol. The molecule has 0 aliphatic carbocycles. The van der Waals surface area contributed by atoms with Gasteiger partial charge in [0.25, 0.3) is 0 Å². The van der Waals surface area contributed by atoms with E-state index in [1.54, 1.807) is 18.9 Å². The van der Waals surface area contributed by atoms with Gasteiger partial charge in [-0.15, -0.1) is 0 Å². The second-order valence-electron chi connectivity index (χ2n) is 4.30. The van der Waals surface area contributed by atoms with E-state index in [4.69, 9.17) is 9.15 Å². The van der Waals surface area contributed by atoms with E-state index in [9.17, 15) is 0 Å². The Labute approximate surface area is 111 Å². The lowest BCUT2D eigenvalue weighted by atomic mass is 10.2. The molecular formula is C12H19N3O2S. The summed E-state index contributed by atoms with van der Waals surface area (Å²) in [5, 5.41) is 4.36.